The molecule has 2 aromatic heterocycles. The Morgan fingerprint density at radius 2 is 1.96 bits per heavy atom. The Bertz CT molecular complexity index is 1140. The normalized spacial score (nSPS) is 11.0. The van der Waals surface area contributed by atoms with E-state index in [-0.39, 0.29) is 5.91 Å². The number of methoxy groups -OCH3 is 1. The van der Waals surface area contributed by atoms with Crippen molar-refractivity contribution in [1.82, 2.24) is 4.98 Å². The molecule has 0 radical (unpaired) electrons. The fourth-order valence-electron chi connectivity index (χ4n) is 2.81. The van der Waals surface area contributed by atoms with Crippen molar-refractivity contribution in [3.8, 4) is 5.75 Å². The number of amides is 1. The smallest absolute Gasteiger partial charge is 0.268 e. The molecule has 0 fully saturated rings. The molecule has 130 valence electrons. The molecule has 0 bridgehead atoms. The second-order valence-corrected chi connectivity index (χ2v) is 7.36. The van der Waals surface area contributed by atoms with Crippen molar-refractivity contribution in [3.05, 3.63) is 64.5 Å². The summed E-state index contributed by atoms with van der Waals surface area (Å²) in [4.78, 5) is 20.6. The molecule has 2 heterocycles. The summed E-state index contributed by atoms with van der Waals surface area (Å²) in [6, 6.07) is 16.9. The quantitative estimate of drug-likeness (QED) is 0.477. The first kappa shape index (κ1) is 16.8. The molecule has 0 saturated heterocycles. The molecule has 0 N–H and O–H groups in total. The molecule has 0 aliphatic carbocycles. The number of halogens is 1. The van der Waals surface area contributed by atoms with E-state index in [0.29, 0.717) is 9.90 Å². The van der Waals surface area contributed by atoms with Crippen molar-refractivity contribution in [3.63, 3.8) is 0 Å². The van der Waals surface area contributed by atoms with Crippen LogP contribution in [0.4, 0.5) is 5.69 Å². The molecule has 0 saturated carbocycles. The van der Waals surface area contributed by atoms with Crippen LogP contribution in [0, 0.1) is 0 Å². The van der Waals surface area contributed by atoms with Gasteiger partial charge in [0, 0.05) is 28.5 Å². The minimum Gasteiger partial charge on any atom is -0.497 e. The van der Waals surface area contributed by atoms with Crippen LogP contribution in [-0.4, -0.2) is 25.0 Å². The van der Waals surface area contributed by atoms with E-state index in [1.165, 1.54) is 11.3 Å². The number of nitrogens with zero attached hydrogens (tertiary/aromatic N) is 2. The molecular weight excluding hydrogens is 368 g/mol. The van der Waals surface area contributed by atoms with Crippen molar-refractivity contribution >= 4 is 55.7 Å². The van der Waals surface area contributed by atoms with Crippen LogP contribution in [-0.2, 0) is 0 Å². The van der Waals surface area contributed by atoms with E-state index in [1.807, 2.05) is 42.5 Å². The number of thiophene rings is 1. The monoisotopic (exact) mass is 382 g/mol. The van der Waals surface area contributed by atoms with E-state index in [1.54, 1.807) is 31.2 Å². The molecule has 0 aliphatic rings. The molecule has 4 aromatic rings. The largest absolute Gasteiger partial charge is 0.497 e. The summed E-state index contributed by atoms with van der Waals surface area (Å²) in [5, 5.41) is 2.52. The van der Waals surface area contributed by atoms with Gasteiger partial charge >= 0.3 is 0 Å². The summed E-state index contributed by atoms with van der Waals surface area (Å²) in [6.45, 7) is 0. The van der Waals surface area contributed by atoms with Gasteiger partial charge in [0.15, 0.2) is 0 Å². The third-order valence-electron chi connectivity index (χ3n) is 4.22. The molecule has 0 atom stereocenters. The molecule has 0 aliphatic heterocycles. The van der Waals surface area contributed by atoms with Gasteiger partial charge in [0.25, 0.3) is 5.91 Å². The SMILES string of the molecule is COc1ccc2nc3sc(C(=O)N(C)c4cccc(Cl)c4)cc3cc2c1. The van der Waals surface area contributed by atoms with Gasteiger partial charge < -0.3 is 9.64 Å². The molecule has 0 unspecified atom stereocenters. The lowest BCUT2D eigenvalue weighted by molar-refractivity contribution is 0.0997. The van der Waals surface area contributed by atoms with Gasteiger partial charge in [-0.1, -0.05) is 17.7 Å². The van der Waals surface area contributed by atoms with Crippen LogP contribution in [0.3, 0.4) is 0 Å². The molecule has 4 rings (SSSR count). The number of hydrogen-bond donors (Lipinski definition) is 0. The summed E-state index contributed by atoms with van der Waals surface area (Å²) in [5.41, 5.74) is 1.63. The highest BCUT2D eigenvalue weighted by Crippen LogP contribution is 2.30. The summed E-state index contributed by atoms with van der Waals surface area (Å²) in [5.74, 6) is 0.697. The maximum atomic E-state index is 12.9. The highest BCUT2D eigenvalue weighted by Gasteiger charge is 2.17. The van der Waals surface area contributed by atoms with Crippen LogP contribution in [0.15, 0.2) is 54.6 Å². The lowest BCUT2D eigenvalue weighted by atomic mass is 10.2. The number of ether oxygens (including phenoxy) is 1. The molecule has 2 aromatic carbocycles. The van der Waals surface area contributed by atoms with Crippen LogP contribution in [0.1, 0.15) is 9.67 Å². The standard InChI is InChI=1S/C20H15ClN2O2S/c1-23(15-5-3-4-14(21)11-15)20(24)18-10-13-8-12-9-16(25-2)6-7-17(12)22-19(13)26-18/h3-11H,1-2H3. The number of rotatable bonds is 3. The fraction of sp³-hybridized carbons (Fsp3) is 0.100. The molecule has 4 nitrogen and oxygen atoms in total. The second kappa shape index (κ2) is 6.59. The average Bonchev–Trinajstić information content (AvgIpc) is 3.07. The zero-order chi connectivity index (χ0) is 18.3. The molecule has 0 spiro atoms. The predicted molar refractivity (Wildman–Crippen MR) is 108 cm³/mol. The van der Waals surface area contributed by atoms with Gasteiger partial charge in [0.05, 0.1) is 17.5 Å². The Labute approximate surface area is 159 Å². The summed E-state index contributed by atoms with van der Waals surface area (Å²) >= 11 is 7.42. The van der Waals surface area contributed by atoms with Crippen molar-refractivity contribution < 1.29 is 9.53 Å². The van der Waals surface area contributed by atoms with Gasteiger partial charge in [0.1, 0.15) is 10.6 Å². The number of hydrogen-bond acceptors (Lipinski definition) is 4. The minimum absolute atomic E-state index is 0.0862. The van der Waals surface area contributed by atoms with Gasteiger partial charge in [-0.3, -0.25) is 4.79 Å². The molecule has 6 heteroatoms. The number of carbonyl (C=O) groups excluding carboxylic acids is 1. The van der Waals surface area contributed by atoms with Gasteiger partial charge in [-0.2, -0.15) is 0 Å². The Hall–Kier alpha value is -2.63. The lowest BCUT2D eigenvalue weighted by Crippen LogP contribution is -2.25. The van der Waals surface area contributed by atoms with Crippen LogP contribution in [0.25, 0.3) is 21.1 Å². The highest BCUT2D eigenvalue weighted by molar-refractivity contribution is 7.20. The second-order valence-electron chi connectivity index (χ2n) is 5.90. The Morgan fingerprint density at radius 3 is 2.73 bits per heavy atom. The van der Waals surface area contributed by atoms with Crippen LogP contribution < -0.4 is 9.64 Å². The number of anilines is 1. The molecule has 1 amide bonds. The summed E-state index contributed by atoms with van der Waals surface area (Å²) in [6.07, 6.45) is 0. The lowest BCUT2D eigenvalue weighted by Gasteiger charge is -2.16. The number of aromatic nitrogens is 1. The summed E-state index contributed by atoms with van der Waals surface area (Å²) in [7, 11) is 3.38. The maximum Gasteiger partial charge on any atom is 0.268 e. The highest BCUT2D eigenvalue weighted by atomic mass is 35.5. The van der Waals surface area contributed by atoms with E-state index in [9.17, 15) is 4.79 Å². The summed E-state index contributed by atoms with van der Waals surface area (Å²) < 4.78 is 5.27. The van der Waals surface area contributed by atoms with Crippen molar-refractivity contribution in [2.24, 2.45) is 0 Å². The van der Waals surface area contributed by atoms with Crippen LogP contribution in [0.5, 0.6) is 5.75 Å². The van der Waals surface area contributed by atoms with Gasteiger partial charge in [0.2, 0.25) is 0 Å². The van der Waals surface area contributed by atoms with Crippen molar-refractivity contribution in [2.45, 2.75) is 0 Å². The maximum absolute atomic E-state index is 12.9. The van der Waals surface area contributed by atoms with Gasteiger partial charge in [-0.15, -0.1) is 11.3 Å². The van der Waals surface area contributed by atoms with Gasteiger partial charge in [-0.05, 0) is 48.5 Å². The Balaban J connectivity index is 1.74. The third kappa shape index (κ3) is 3.00. The number of fused-ring (bicyclic) bond motifs is 2. The van der Waals surface area contributed by atoms with E-state index >= 15 is 0 Å². The topological polar surface area (TPSA) is 42.4 Å². The predicted octanol–water partition coefficient (Wildman–Crippen LogP) is 5.39. The zero-order valence-electron chi connectivity index (χ0n) is 14.2. The van der Waals surface area contributed by atoms with E-state index in [0.717, 1.165) is 32.6 Å². The number of benzene rings is 2. The fourth-order valence-corrected chi connectivity index (χ4v) is 4.00. The van der Waals surface area contributed by atoms with E-state index in [2.05, 4.69) is 4.98 Å². The van der Waals surface area contributed by atoms with E-state index < -0.39 is 0 Å². The van der Waals surface area contributed by atoms with Crippen molar-refractivity contribution in [2.75, 3.05) is 19.1 Å². The van der Waals surface area contributed by atoms with E-state index in [4.69, 9.17) is 16.3 Å². The average molecular weight is 383 g/mol. The molecule has 26 heavy (non-hydrogen) atoms. The van der Waals surface area contributed by atoms with Crippen LogP contribution in [0.2, 0.25) is 5.02 Å². The number of carbonyl (C=O) groups is 1. The number of pyridine rings is 1. The first-order chi connectivity index (χ1) is 12.5. The minimum atomic E-state index is -0.0862. The zero-order valence-corrected chi connectivity index (χ0v) is 15.8. The molecular formula is C20H15ClN2O2S. The Kier molecular flexibility index (Phi) is 4.26. The Morgan fingerprint density at radius 1 is 1.12 bits per heavy atom. The third-order valence-corrected chi connectivity index (χ3v) is 5.49. The first-order valence-corrected chi connectivity index (χ1v) is 9.16. The van der Waals surface area contributed by atoms with Crippen LogP contribution >= 0.6 is 22.9 Å². The van der Waals surface area contributed by atoms with Gasteiger partial charge in [-0.25, -0.2) is 4.98 Å². The first-order valence-electron chi connectivity index (χ1n) is 7.97. The van der Waals surface area contributed by atoms with Crippen molar-refractivity contribution in [1.29, 1.82) is 0 Å².